The van der Waals surface area contributed by atoms with Gasteiger partial charge in [-0.1, -0.05) is 19.9 Å². The molecule has 0 aliphatic rings. The number of nitrogens with one attached hydrogen (secondary N) is 1. The standard InChI is InChI=1S/C24H26N6O/c1-4-24(3,5-2)29-23(31)19-12-21(18-9-7-11-26-14-18)28-22-20(19)15-27-30(22)16-17-8-6-10-25-13-17/h6-15H,4-5,16H2,1-3H3,(H,29,31). The van der Waals surface area contributed by atoms with Crippen molar-refractivity contribution in [2.75, 3.05) is 0 Å². The van der Waals surface area contributed by atoms with Gasteiger partial charge in [0.25, 0.3) is 5.91 Å². The Labute approximate surface area is 181 Å². The normalized spacial score (nSPS) is 11.6. The summed E-state index contributed by atoms with van der Waals surface area (Å²) in [5, 5.41) is 8.47. The van der Waals surface area contributed by atoms with E-state index >= 15 is 0 Å². The lowest BCUT2D eigenvalue weighted by atomic mass is 9.94. The number of aromatic nitrogens is 5. The van der Waals surface area contributed by atoms with E-state index in [4.69, 9.17) is 4.98 Å². The van der Waals surface area contributed by atoms with Crippen LogP contribution in [0.25, 0.3) is 22.3 Å². The predicted molar refractivity (Wildman–Crippen MR) is 121 cm³/mol. The quantitative estimate of drug-likeness (QED) is 0.489. The first-order chi connectivity index (χ1) is 15.0. The van der Waals surface area contributed by atoms with Crippen LogP contribution in [-0.2, 0) is 6.54 Å². The first kappa shape index (κ1) is 20.7. The molecule has 0 saturated carbocycles. The largest absolute Gasteiger partial charge is 0.347 e. The molecule has 4 aromatic rings. The summed E-state index contributed by atoms with van der Waals surface area (Å²) in [6.07, 6.45) is 10.4. The summed E-state index contributed by atoms with van der Waals surface area (Å²) < 4.78 is 1.81. The third-order valence-electron chi connectivity index (χ3n) is 5.84. The summed E-state index contributed by atoms with van der Waals surface area (Å²) in [6, 6.07) is 9.51. The number of hydrogen-bond donors (Lipinski definition) is 1. The molecule has 7 heteroatoms. The highest BCUT2D eigenvalue weighted by Gasteiger charge is 2.25. The topological polar surface area (TPSA) is 85.6 Å². The molecule has 0 aliphatic heterocycles. The highest BCUT2D eigenvalue weighted by molar-refractivity contribution is 6.06. The van der Waals surface area contributed by atoms with Crippen molar-refractivity contribution in [3.8, 4) is 11.3 Å². The lowest BCUT2D eigenvalue weighted by Crippen LogP contribution is -2.45. The van der Waals surface area contributed by atoms with Crippen LogP contribution in [0.15, 0.2) is 61.3 Å². The fourth-order valence-corrected chi connectivity index (χ4v) is 3.45. The average Bonchev–Trinajstić information content (AvgIpc) is 3.22. The van der Waals surface area contributed by atoms with Crippen LogP contribution in [0.1, 0.15) is 49.5 Å². The molecule has 0 spiro atoms. The van der Waals surface area contributed by atoms with Crippen LogP contribution in [0.5, 0.6) is 0 Å². The average molecular weight is 415 g/mol. The van der Waals surface area contributed by atoms with E-state index in [0.717, 1.165) is 29.4 Å². The monoisotopic (exact) mass is 414 g/mol. The van der Waals surface area contributed by atoms with Gasteiger partial charge in [-0.3, -0.25) is 14.8 Å². The molecule has 4 rings (SSSR count). The van der Waals surface area contributed by atoms with E-state index in [1.54, 1.807) is 31.0 Å². The molecule has 4 heterocycles. The van der Waals surface area contributed by atoms with Gasteiger partial charge < -0.3 is 5.32 Å². The van der Waals surface area contributed by atoms with Crippen LogP contribution >= 0.6 is 0 Å². The Morgan fingerprint density at radius 3 is 2.45 bits per heavy atom. The summed E-state index contributed by atoms with van der Waals surface area (Å²) in [6.45, 7) is 6.75. The molecule has 0 radical (unpaired) electrons. The van der Waals surface area contributed by atoms with Gasteiger partial charge >= 0.3 is 0 Å². The van der Waals surface area contributed by atoms with Crippen LogP contribution in [0.4, 0.5) is 0 Å². The number of nitrogens with zero attached hydrogens (tertiary/aromatic N) is 5. The molecule has 0 aromatic carbocycles. The van der Waals surface area contributed by atoms with Crippen LogP contribution in [0.3, 0.4) is 0 Å². The van der Waals surface area contributed by atoms with Gasteiger partial charge in [-0.05, 0) is 49.6 Å². The fourth-order valence-electron chi connectivity index (χ4n) is 3.45. The summed E-state index contributed by atoms with van der Waals surface area (Å²) >= 11 is 0. The van der Waals surface area contributed by atoms with Gasteiger partial charge in [-0.15, -0.1) is 0 Å². The van der Waals surface area contributed by atoms with E-state index in [0.29, 0.717) is 23.4 Å². The van der Waals surface area contributed by atoms with E-state index in [1.165, 1.54) is 0 Å². The Morgan fingerprint density at radius 2 is 1.81 bits per heavy atom. The van der Waals surface area contributed by atoms with Crippen LogP contribution in [0.2, 0.25) is 0 Å². The number of fused-ring (bicyclic) bond motifs is 1. The highest BCUT2D eigenvalue weighted by atomic mass is 16.1. The molecular formula is C24H26N6O. The van der Waals surface area contributed by atoms with Crippen LogP contribution < -0.4 is 5.32 Å². The van der Waals surface area contributed by atoms with Crippen LogP contribution in [-0.4, -0.2) is 36.2 Å². The fraction of sp³-hybridized carbons (Fsp3) is 0.292. The zero-order chi connectivity index (χ0) is 21.8. The Morgan fingerprint density at radius 1 is 1.06 bits per heavy atom. The third-order valence-corrected chi connectivity index (χ3v) is 5.84. The van der Waals surface area contributed by atoms with Crippen molar-refractivity contribution < 1.29 is 4.79 Å². The number of hydrogen-bond acceptors (Lipinski definition) is 5. The van der Waals surface area contributed by atoms with Gasteiger partial charge in [0, 0.05) is 35.9 Å². The molecule has 1 N–H and O–H groups in total. The van der Waals surface area contributed by atoms with E-state index in [-0.39, 0.29) is 11.4 Å². The Bertz CT molecular complexity index is 1180. The first-order valence-electron chi connectivity index (χ1n) is 10.5. The van der Waals surface area contributed by atoms with Gasteiger partial charge in [0.05, 0.1) is 29.4 Å². The smallest absolute Gasteiger partial charge is 0.252 e. The summed E-state index contributed by atoms with van der Waals surface area (Å²) in [5.74, 6) is -0.121. The van der Waals surface area contributed by atoms with E-state index < -0.39 is 0 Å². The molecular weight excluding hydrogens is 388 g/mol. The molecule has 0 aliphatic carbocycles. The molecule has 0 saturated heterocycles. The van der Waals surface area contributed by atoms with Crippen molar-refractivity contribution >= 4 is 16.9 Å². The summed E-state index contributed by atoms with van der Waals surface area (Å²) in [7, 11) is 0. The number of rotatable bonds is 7. The Balaban J connectivity index is 1.83. The number of pyridine rings is 3. The van der Waals surface area contributed by atoms with E-state index in [2.05, 4.69) is 41.2 Å². The molecule has 0 bridgehead atoms. The van der Waals surface area contributed by atoms with Crippen molar-refractivity contribution in [2.45, 2.75) is 45.7 Å². The number of amides is 1. The van der Waals surface area contributed by atoms with Crippen molar-refractivity contribution in [1.29, 1.82) is 0 Å². The van der Waals surface area contributed by atoms with Crippen molar-refractivity contribution in [1.82, 2.24) is 30.0 Å². The number of carbonyl (C=O) groups excluding carboxylic acids is 1. The second-order valence-corrected chi connectivity index (χ2v) is 7.92. The Kier molecular flexibility index (Phi) is 5.75. The molecule has 158 valence electrons. The minimum absolute atomic E-state index is 0.121. The lowest BCUT2D eigenvalue weighted by Gasteiger charge is -2.28. The number of carbonyl (C=O) groups is 1. The minimum atomic E-state index is -0.271. The maximum absolute atomic E-state index is 13.3. The second-order valence-electron chi connectivity index (χ2n) is 7.92. The Hall–Kier alpha value is -3.61. The van der Waals surface area contributed by atoms with Gasteiger partial charge in [-0.2, -0.15) is 5.10 Å². The molecule has 4 aromatic heterocycles. The zero-order valence-electron chi connectivity index (χ0n) is 18.0. The molecule has 31 heavy (non-hydrogen) atoms. The van der Waals surface area contributed by atoms with Crippen molar-refractivity contribution in [2.24, 2.45) is 0 Å². The summed E-state index contributed by atoms with van der Waals surface area (Å²) in [4.78, 5) is 26.6. The summed E-state index contributed by atoms with van der Waals surface area (Å²) in [5.41, 5.74) is 3.50. The predicted octanol–water partition coefficient (Wildman–Crippen LogP) is 4.25. The SMILES string of the molecule is CCC(C)(CC)NC(=O)c1cc(-c2cccnc2)nc2c1cnn2Cc1cccnc1. The second kappa shape index (κ2) is 8.63. The van der Waals surface area contributed by atoms with Gasteiger partial charge in [0.15, 0.2) is 5.65 Å². The minimum Gasteiger partial charge on any atom is -0.347 e. The highest BCUT2D eigenvalue weighted by Crippen LogP contribution is 2.26. The van der Waals surface area contributed by atoms with Crippen molar-refractivity contribution in [3.63, 3.8) is 0 Å². The van der Waals surface area contributed by atoms with Gasteiger partial charge in [-0.25, -0.2) is 9.67 Å². The molecule has 0 unspecified atom stereocenters. The molecule has 1 amide bonds. The molecule has 0 fully saturated rings. The lowest BCUT2D eigenvalue weighted by molar-refractivity contribution is 0.0902. The van der Waals surface area contributed by atoms with Gasteiger partial charge in [0.1, 0.15) is 0 Å². The van der Waals surface area contributed by atoms with E-state index in [9.17, 15) is 4.79 Å². The molecule has 7 nitrogen and oxygen atoms in total. The van der Waals surface area contributed by atoms with Crippen molar-refractivity contribution in [3.05, 3.63) is 72.4 Å². The maximum Gasteiger partial charge on any atom is 0.252 e. The first-order valence-corrected chi connectivity index (χ1v) is 10.5. The maximum atomic E-state index is 13.3. The van der Waals surface area contributed by atoms with E-state index in [1.807, 2.05) is 35.0 Å². The molecule has 0 atom stereocenters. The zero-order valence-corrected chi connectivity index (χ0v) is 18.0. The van der Waals surface area contributed by atoms with Crippen LogP contribution in [0, 0.1) is 0 Å². The third kappa shape index (κ3) is 4.30. The van der Waals surface area contributed by atoms with Gasteiger partial charge in [0.2, 0.25) is 0 Å².